The zero-order chi connectivity index (χ0) is 15.6. The van der Waals surface area contributed by atoms with Crippen LogP contribution in [0, 0.1) is 19.7 Å². The van der Waals surface area contributed by atoms with Crippen LogP contribution >= 0.6 is 0 Å². The zero-order valence-corrected chi connectivity index (χ0v) is 12.9. The van der Waals surface area contributed by atoms with Gasteiger partial charge in [0.15, 0.2) is 0 Å². The van der Waals surface area contributed by atoms with Gasteiger partial charge in [-0.2, -0.15) is 0 Å². The van der Waals surface area contributed by atoms with E-state index >= 15 is 0 Å². The Morgan fingerprint density at radius 3 is 2.29 bits per heavy atom. The van der Waals surface area contributed by atoms with E-state index in [0.717, 1.165) is 5.56 Å². The van der Waals surface area contributed by atoms with Crippen molar-refractivity contribution in [1.29, 1.82) is 0 Å². The van der Waals surface area contributed by atoms with Crippen molar-refractivity contribution >= 4 is 5.91 Å². The van der Waals surface area contributed by atoms with Crippen LogP contribution in [0.25, 0.3) is 0 Å². The molecular formula is C18H20FNO. The maximum absolute atomic E-state index is 13.3. The lowest BCUT2D eigenvalue weighted by Gasteiger charge is -2.25. The quantitative estimate of drug-likeness (QED) is 0.824. The largest absolute Gasteiger partial charge is 0.335 e. The Morgan fingerprint density at radius 1 is 1.10 bits per heavy atom. The van der Waals surface area contributed by atoms with Crippen molar-refractivity contribution in [2.45, 2.75) is 26.8 Å². The van der Waals surface area contributed by atoms with Gasteiger partial charge in [-0.1, -0.05) is 29.8 Å². The van der Waals surface area contributed by atoms with E-state index in [1.165, 1.54) is 17.7 Å². The van der Waals surface area contributed by atoms with Gasteiger partial charge in [0.1, 0.15) is 5.82 Å². The molecule has 21 heavy (non-hydrogen) atoms. The number of carbonyl (C=O) groups excluding carboxylic acids is 1. The summed E-state index contributed by atoms with van der Waals surface area (Å²) in [5.74, 6) is -0.396. The highest BCUT2D eigenvalue weighted by molar-refractivity contribution is 5.94. The molecule has 0 bridgehead atoms. The predicted molar refractivity (Wildman–Crippen MR) is 82.8 cm³/mol. The molecule has 1 atom stereocenters. The monoisotopic (exact) mass is 285 g/mol. The molecule has 1 amide bonds. The van der Waals surface area contributed by atoms with E-state index in [1.807, 2.05) is 38.1 Å². The summed E-state index contributed by atoms with van der Waals surface area (Å²) in [6.45, 7) is 5.68. The second kappa shape index (κ2) is 6.08. The maximum Gasteiger partial charge on any atom is 0.254 e. The molecule has 0 saturated heterocycles. The number of halogens is 1. The van der Waals surface area contributed by atoms with Crippen LogP contribution in [0.15, 0.2) is 42.5 Å². The van der Waals surface area contributed by atoms with E-state index in [-0.39, 0.29) is 17.8 Å². The molecule has 0 saturated carbocycles. The van der Waals surface area contributed by atoms with Gasteiger partial charge in [-0.25, -0.2) is 4.39 Å². The van der Waals surface area contributed by atoms with Gasteiger partial charge in [-0.05, 0) is 50.1 Å². The SMILES string of the molecule is Cc1ccc(C(C)N(C)C(=O)c2ccc(F)c(C)c2)cc1. The number of aryl methyl sites for hydroxylation is 2. The molecule has 1 unspecified atom stereocenters. The molecular weight excluding hydrogens is 265 g/mol. The number of benzene rings is 2. The van der Waals surface area contributed by atoms with Crippen LogP contribution in [0.5, 0.6) is 0 Å². The van der Waals surface area contributed by atoms with Crippen molar-refractivity contribution in [2.75, 3.05) is 7.05 Å². The summed E-state index contributed by atoms with van der Waals surface area (Å²) >= 11 is 0. The average molecular weight is 285 g/mol. The Balaban J connectivity index is 2.21. The van der Waals surface area contributed by atoms with E-state index in [4.69, 9.17) is 0 Å². The highest BCUT2D eigenvalue weighted by atomic mass is 19.1. The fraction of sp³-hybridized carbons (Fsp3) is 0.278. The summed E-state index contributed by atoms with van der Waals surface area (Å²) in [7, 11) is 1.77. The Morgan fingerprint density at radius 2 is 1.71 bits per heavy atom. The van der Waals surface area contributed by atoms with Crippen molar-refractivity contribution in [2.24, 2.45) is 0 Å². The predicted octanol–water partition coefficient (Wildman–Crippen LogP) is 4.28. The Bertz CT molecular complexity index is 649. The van der Waals surface area contributed by atoms with Crippen LogP contribution in [-0.2, 0) is 0 Å². The first kappa shape index (κ1) is 15.2. The molecule has 0 spiro atoms. The Kier molecular flexibility index (Phi) is 4.41. The van der Waals surface area contributed by atoms with E-state index in [0.29, 0.717) is 11.1 Å². The van der Waals surface area contributed by atoms with E-state index in [2.05, 4.69) is 0 Å². The number of hydrogen-bond donors (Lipinski definition) is 0. The molecule has 2 aromatic rings. The van der Waals surface area contributed by atoms with Gasteiger partial charge < -0.3 is 4.90 Å². The molecule has 0 aliphatic carbocycles. The third-order valence-electron chi connectivity index (χ3n) is 3.87. The Labute approximate surface area is 125 Å². The fourth-order valence-electron chi connectivity index (χ4n) is 2.23. The first-order valence-corrected chi connectivity index (χ1v) is 7.00. The molecule has 0 aliphatic rings. The van der Waals surface area contributed by atoms with Crippen LogP contribution in [0.1, 0.15) is 40.0 Å². The van der Waals surface area contributed by atoms with Crippen LogP contribution in [-0.4, -0.2) is 17.9 Å². The molecule has 0 N–H and O–H groups in total. The van der Waals surface area contributed by atoms with Crippen LogP contribution in [0.2, 0.25) is 0 Å². The molecule has 0 fully saturated rings. The Hall–Kier alpha value is -2.16. The van der Waals surface area contributed by atoms with Gasteiger partial charge in [-0.3, -0.25) is 4.79 Å². The lowest BCUT2D eigenvalue weighted by molar-refractivity contribution is 0.0742. The van der Waals surface area contributed by atoms with Crippen LogP contribution in [0.4, 0.5) is 4.39 Å². The molecule has 0 aromatic heterocycles. The van der Waals surface area contributed by atoms with Crippen molar-refractivity contribution < 1.29 is 9.18 Å². The lowest BCUT2D eigenvalue weighted by atomic mass is 10.0. The molecule has 110 valence electrons. The van der Waals surface area contributed by atoms with Gasteiger partial charge >= 0.3 is 0 Å². The zero-order valence-electron chi connectivity index (χ0n) is 12.9. The summed E-state index contributed by atoms with van der Waals surface area (Å²) in [5.41, 5.74) is 3.26. The molecule has 0 radical (unpaired) electrons. The normalized spacial score (nSPS) is 12.0. The van der Waals surface area contributed by atoms with Gasteiger partial charge in [0.25, 0.3) is 5.91 Å². The fourth-order valence-corrected chi connectivity index (χ4v) is 2.23. The minimum atomic E-state index is -0.291. The summed E-state index contributed by atoms with van der Waals surface area (Å²) in [6, 6.07) is 12.5. The number of amides is 1. The highest BCUT2D eigenvalue weighted by Crippen LogP contribution is 2.21. The third kappa shape index (κ3) is 3.30. The molecule has 2 rings (SSSR count). The molecule has 3 heteroatoms. The number of carbonyl (C=O) groups is 1. The smallest absolute Gasteiger partial charge is 0.254 e. The number of nitrogens with zero attached hydrogens (tertiary/aromatic N) is 1. The third-order valence-corrected chi connectivity index (χ3v) is 3.87. The van der Waals surface area contributed by atoms with Gasteiger partial charge in [0, 0.05) is 12.6 Å². The first-order valence-electron chi connectivity index (χ1n) is 7.00. The van der Waals surface area contributed by atoms with E-state index in [9.17, 15) is 9.18 Å². The maximum atomic E-state index is 13.3. The van der Waals surface area contributed by atoms with Gasteiger partial charge in [0.05, 0.1) is 6.04 Å². The molecule has 2 aromatic carbocycles. The molecule has 0 heterocycles. The topological polar surface area (TPSA) is 20.3 Å². The van der Waals surface area contributed by atoms with Gasteiger partial charge in [0.2, 0.25) is 0 Å². The number of hydrogen-bond acceptors (Lipinski definition) is 1. The minimum absolute atomic E-state index is 0.0385. The summed E-state index contributed by atoms with van der Waals surface area (Å²) in [6.07, 6.45) is 0. The van der Waals surface area contributed by atoms with Crippen molar-refractivity contribution in [3.63, 3.8) is 0 Å². The second-order valence-corrected chi connectivity index (χ2v) is 5.47. The second-order valence-electron chi connectivity index (χ2n) is 5.47. The van der Waals surface area contributed by atoms with E-state index < -0.39 is 0 Å². The van der Waals surface area contributed by atoms with Crippen molar-refractivity contribution in [3.05, 3.63) is 70.5 Å². The highest BCUT2D eigenvalue weighted by Gasteiger charge is 2.19. The van der Waals surface area contributed by atoms with Crippen molar-refractivity contribution in [1.82, 2.24) is 4.90 Å². The summed E-state index contributed by atoms with van der Waals surface area (Å²) < 4.78 is 13.3. The average Bonchev–Trinajstić information content (AvgIpc) is 2.48. The van der Waals surface area contributed by atoms with Crippen LogP contribution < -0.4 is 0 Å². The summed E-state index contributed by atoms with van der Waals surface area (Å²) in [5, 5.41) is 0. The lowest BCUT2D eigenvalue weighted by Crippen LogP contribution is -2.29. The van der Waals surface area contributed by atoms with Crippen molar-refractivity contribution in [3.8, 4) is 0 Å². The minimum Gasteiger partial charge on any atom is -0.335 e. The molecule has 0 aliphatic heterocycles. The summed E-state index contributed by atoms with van der Waals surface area (Å²) in [4.78, 5) is 14.2. The first-order chi connectivity index (χ1) is 9.90. The molecule has 2 nitrogen and oxygen atoms in total. The van der Waals surface area contributed by atoms with Crippen LogP contribution in [0.3, 0.4) is 0 Å². The van der Waals surface area contributed by atoms with Gasteiger partial charge in [-0.15, -0.1) is 0 Å². The number of rotatable bonds is 3. The standard InChI is InChI=1S/C18H20FNO/c1-12-5-7-15(8-6-12)14(3)20(4)18(21)16-9-10-17(19)13(2)11-16/h5-11,14H,1-4H3. The van der Waals surface area contributed by atoms with E-state index in [1.54, 1.807) is 24.9 Å².